The summed E-state index contributed by atoms with van der Waals surface area (Å²) < 4.78 is 29.3. The number of hydrogen-bond donors (Lipinski definition) is 1. The zero-order valence-corrected chi connectivity index (χ0v) is 14.3. The highest BCUT2D eigenvalue weighted by Gasteiger charge is 2.13. The van der Waals surface area contributed by atoms with E-state index in [2.05, 4.69) is 10.5 Å². The molecular formula is C19H17FN2O4. The molecule has 0 fully saturated rings. The molecule has 0 spiro atoms. The Kier molecular flexibility index (Phi) is 5.17. The lowest BCUT2D eigenvalue weighted by Crippen LogP contribution is -2.22. The van der Waals surface area contributed by atoms with Gasteiger partial charge in [-0.15, -0.1) is 0 Å². The number of rotatable bonds is 6. The lowest BCUT2D eigenvalue weighted by Gasteiger charge is -2.09. The third kappa shape index (κ3) is 3.66. The van der Waals surface area contributed by atoms with Crippen LogP contribution < -0.4 is 14.8 Å². The molecule has 0 aliphatic rings. The van der Waals surface area contributed by atoms with Crippen LogP contribution in [-0.2, 0) is 6.54 Å². The second-order valence-electron chi connectivity index (χ2n) is 5.41. The third-order valence-electron chi connectivity index (χ3n) is 3.77. The van der Waals surface area contributed by atoms with Crippen molar-refractivity contribution in [1.82, 2.24) is 10.5 Å². The van der Waals surface area contributed by atoms with Gasteiger partial charge in [0.15, 0.2) is 17.3 Å². The monoisotopic (exact) mass is 356 g/mol. The van der Waals surface area contributed by atoms with Crippen molar-refractivity contribution in [3.63, 3.8) is 0 Å². The smallest absolute Gasteiger partial charge is 0.251 e. The number of amides is 1. The molecule has 134 valence electrons. The number of aromatic nitrogens is 1. The minimum absolute atomic E-state index is 0.144. The molecule has 6 nitrogen and oxygen atoms in total. The molecule has 0 unspecified atom stereocenters. The van der Waals surface area contributed by atoms with Gasteiger partial charge < -0.3 is 19.3 Å². The van der Waals surface area contributed by atoms with Crippen LogP contribution >= 0.6 is 0 Å². The van der Waals surface area contributed by atoms with Crippen molar-refractivity contribution in [2.75, 3.05) is 14.2 Å². The minimum atomic E-state index is -0.399. The average Bonchev–Trinajstić information content (AvgIpc) is 3.14. The van der Waals surface area contributed by atoms with E-state index < -0.39 is 5.82 Å². The maximum absolute atomic E-state index is 13.8. The number of benzene rings is 2. The minimum Gasteiger partial charge on any atom is -0.493 e. The average molecular weight is 356 g/mol. The summed E-state index contributed by atoms with van der Waals surface area (Å²) in [5, 5.41) is 6.59. The summed E-state index contributed by atoms with van der Waals surface area (Å²) in [4.78, 5) is 12.3. The Balaban J connectivity index is 1.68. The molecule has 0 bridgehead atoms. The molecule has 0 atom stereocenters. The molecule has 2 aromatic carbocycles. The first-order chi connectivity index (χ1) is 12.6. The van der Waals surface area contributed by atoms with Crippen molar-refractivity contribution in [3.8, 4) is 22.8 Å². The second-order valence-corrected chi connectivity index (χ2v) is 5.41. The van der Waals surface area contributed by atoms with Gasteiger partial charge in [-0.25, -0.2) is 4.39 Å². The number of carbonyl (C=O) groups is 1. The largest absolute Gasteiger partial charge is 0.493 e. The van der Waals surface area contributed by atoms with Crippen LogP contribution in [0.4, 0.5) is 4.39 Å². The summed E-state index contributed by atoms with van der Waals surface area (Å²) in [6, 6.07) is 12.7. The van der Waals surface area contributed by atoms with Crippen molar-refractivity contribution < 1.29 is 23.2 Å². The lowest BCUT2D eigenvalue weighted by atomic mass is 10.1. The van der Waals surface area contributed by atoms with Crippen LogP contribution in [0.15, 0.2) is 53.1 Å². The molecule has 7 heteroatoms. The van der Waals surface area contributed by atoms with Gasteiger partial charge >= 0.3 is 0 Å². The lowest BCUT2D eigenvalue weighted by molar-refractivity contribution is 0.0949. The number of nitrogens with one attached hydrogen (secondary N) is 1. The predicted octanol–water partition coefficient (Wildman–Crippen LogP) is 3.43. The van der Waals surface area contributed by atoms with Crippen LogP contribution in [0.25, 0.3) is 11.3 Å². The Morgan fingerprint density at radius 1 is 1.12 bits per heavy atom. The van der Waals surface area contributed by atoms with E-state index in [0.29, 0.717) is 34.1 Å². The van der Waals surface area contributed by atoms with Gasteiger partial charge in [0.25, 0.3) is 5.91 Å². The third-order valence-corrected chi connectivity index (χ3v) is 3.77. The van der Waals surface area contributed by atoms with Crippen molar-refractivity contribution in [2.24, 2.45) is 0 Å². The molecule has 1 N–H and O–H groups in total. The highest BCUT2D eigenvalue weighted by Crippen LogP contribution is 2.27. The van der Waals surface area contributed by atoms with Crippen molar-refractivity contribution >= 4 is 5.91 Å². The van der Waals surface area contributed by atoms with Gasteiger partial charge in [-0.05, 0) is 30.3 Å². The van der Waals surface area contributed by atoms with E-state index in [1.807, 2.05) is 0 Å². The molecule has 0 saturated carbocycles. The van der Waals surface area contributed by atoms with Gasteiger partial charge in [0, 0.05) is 11.6 Å². The van der Waals surface area contributed by atoms with Crippen LogP contribution in [0, 0.1) is 5.82 Å². The Bertz CT molecular complexity index is 923. The number of nitrogens with zero attached hydrogens (tertiary/aromatic N) is 1. The van der Waals surface area contributed by atoms with E-state index in [1.54, 1.807) is 42.5 Å². The molecule has 0 radical (unpaired) electrons. The molecule has 26 heavy (non-hydrogen) atoms. The zero-order chi connectivity index (χ0) is 18.5. The van der Waals surface area contributed by atoms with E-state index in [1.165, 1.54) is 20.3 Å². The van der Waals surface area contributed by atoms with Gasteiger partial charge in [-0.2, -0.15) is 0 Å². The Morgan fingerprint density at radius 2 is 1.88 bits per heavy atom. The molecule has 3 aromatic rings. The maximum Gasteiger partial charge on any atom is 0.251 e. The Labute approximate surface area is 149 Å². The maximum atomic E-state index is 13.8. The summed E-state index contributed by atoms with van der Waals surface area (Å²) >= 11 is 0. The predicted molar refractivity (Wildman–Crippen MR) is 92.6 cm³/mol. The highest BCUT2D eigenvalue weighted by atomic mass is 19.1. The molecule has 3 rings (SSSR count). The van der Waals surface area contributed by atoms with Crippen molar-refractivity contribution in [2.45, 2.75) is 6.54 Å². The summed E-state index contributed by atoms with van der Waals surface area (Å²) in [6.45, 7) is 0.144. The van der Waals surface area contributed by atoms with E-state index in [0.717, 1.165) is 0 Å². The van der Waals surface area contributed by atoms with Crippen LogP contribution in [0.5, 0.6) is 11.5 Å². The molecular weight excluding hydrogens is 339 g/mol. The summed E-state index contributed by atoms with van der Waals surface area (Å²) in [5.74, 6) is 0.600. The molecule has 0 aliphatic carbocycles. The molecule has 1 amide bonds. The van der Waals surface area contributed by atoms with Gasteiger partial charge in [0.2, 0.25) is 0 Å². The fraction of sp³-hybridized carbons (Fsp3) is 0.158. The summed E-state index contributed by atoms with van der Waals surface area (Å²) in [6.07, 6.45) is 0. The van der Waals surface area contributed by atoms with Crippen molar-refractivity contribution in [3.05, 3.63) is 65.6 Å². The van der Waals surface area contributed by atoms with Crippen LogP contribution in [0.2, 0.25) is 0 Å². The summed E-state index contributed by atoms with van der Waals surface area (Å²) in [7, 11) is 3.02. The quantitative estimate of drug-likeness (QED) is 0.732. The second kappa shape index (κ2) is 7.69. The SMILES string of the molecule is COc1ccc(C(=O)NCc2cc(-c3ccccc3F)on2)cc1OC. The number of hydrogen-bond acceptors (Lipinski definition) is 5. The Hall–Kier alpha value is -3.35. The normalized spacial score (nSPS) is 10.4. The van der Waals surface area contributed by atoms with E-state index in [9.17, 15) is 9.18 Å². The molecule has 1 heterocycles. The Morgan fingerprint density at radius 3 is 2.62 bits per heavy atom. The first-order valence-corrected chi connectivity index (χ1v) is 7.83. The first kappa shape index (κ1) is 17.5. The van der Waals surface area contributed by atoms with Crippen LogP contribution in [0.3, 0.4) is 0 Å². The fourth-order valence-corrected chi connectivity index (χ4v) is 2.43. The van der Waals surface area contributed by atoms with E-state index in [-0.39, 0.29) is 12.5 Å². The van der Waals surface area contributed by atoms with Crippen molar-refractivity contribution in [1.29, 1.82) is 0 Å². The zero-order valence-electron chi connectivity index (χ0n) is 14.3. The number of carbonyl (C=O) groups excluding carboxylic acids is 1. The van der Waals surface area contributed by atoms with Gasteiger partial charge in [0.05, 0.1) is 26.3 Å². The van der Waals surface area contributed by atoms with Crippen LogP contribution in [-0.4, -0.2) is 25.3 Å². The fourth-order valence-electron chi connectivity index (χ4n) is 2.43. The number of ether oxygens (including phenoxy) is 2. The van der Waals surface area contributed by atoms with Gasteiger partial charge in [-0.1, -0.05) is 17.3 Å². The molecule has 1 aromatic heterocycles. The van der Waals surface area contributed by atoms with E-state index in [4.69, 9.17) is 14.0 Å². The number of halogens is 1. The standard InChI is InChI=1S/C19H17FN2O4/c1-24-16-8-7-12(9-18(16)25-2)19(23)21-11-13-10-17(26-22-13)14-5-3-4-6-15(14)20/h3-10H,11H2,1-2H3,(H,21,23). The topological polar surface area (TPSA) is 73.6 Å². The van der Waals surface area contributed by atoms with Gasteiger partial charge in [-0.3, -0.25) is 4.79 Å². The van der Waals surface area contributed by atoms with Crippen LogP contribution in [0.1, 0.15) is 16.1 Å². The molecule has 0 aliphatic heterocycles. The first-order valence-electron chi connectivity index (χ1n) is 7.83. The highest BCUT2D eigenvalue weighted by molar-refractivity contribution is 5.94. The van der Waals surface area contributed by atoms with E-state index >= 15 is 0 Å². The van der Waals surface area contributed by atoms with Gasteiger partial charge in [0.1, 0.15) is 11.5 Å². The number of methoxy groups -OCH3 is 2. The molecule has 0 saturated heterocycles. The summed E-state index contributed by atoms with van der Waals surface area (Å²) in [5.41, 5.74) is 1.22.